The summed E-state index contributed by atoms with van der Waals surface area (Å²) >= 11 is 0. The molecule has 0 aliphatic carbocycles. The van der Waals surface area contributed by atoms with E-state index in [0.29, 0.717) is 0 Å². The molecule has 0 aromatic carbocycles. The first-order chi connectivity index (χ1) is 11.4. The monoisotopic (exact) mass is 311 g/mol. The van der Waals surface area contributed by atoms with Gasteiger partial charge in [-0.15, -0.1) is 0 Å². The van der Waals surface area contributed by atoms with E-state index in [1.807, 2.05) is 18.6 Å². The highest BCUT2D eigenvalue weighted by atomic mass is 16.5. The van der Waals surface area contributed by atoms with Crippen molar-refractivity contribution in [2.45, 2.75) is 31.8 Å². The first-order valence-electron chi connectivity index (χ1n) is 8.22. The smallest absolute Gasteiger partial charge is 0.147 e. The number of nitrogens with zero attached hydrogens (tertiary/aromatic N) is 5. The average Bonchev–Trinajstić information content (AvgIpc) is 2.99. The molecule has 2 aliphatic heterocycles. The molecule has 2 fully saturated rings. The van der Waals surface area contributed by atoms with E-state index in [2.05, 4.69) is 24.8 Å². The molecule has 0 N–H and O–H groups in total. The lowest BCUT2D eigenvalue weighted by Crippen LogP contribution is -2.45. The molecule has 1 spiro atoms. The lowest BCUT2D eigenvalue weighted by atomic mass is 9.71. The molecule has 23 heavy (non-hydrogen) atoms. The van der Waals surface area contributed by atoms with Crippen molar-refractivity contribution >= 4 is 5.82 Å². The maximum Gasteiger partial charge on any atom is 0.147 e. The van der Waals surface area contributed by atoms with E-state index in [1.165, 1.54) is 0 Å². The summed E-state index contributed by atoms with van der Waals surface area (Å²) in [4.78, 5) is 19.2. The molecule has 0 amide bonds. The van der Waals surface area contributed by atoms with Gasteiger partial charge in [0.15, 0.2) is 0 Å². The van der Waals surface area contributed by atoms with Gasteiger partial charge < -0.3 is 9.64 Å². The number of ether oxygens (including phenoxy) is 1. The van der Waals surface area contributed by atoms with Crippen LogP contribution in [0.4, 0.5) is 5.82 Å². The molecule has 1 atom stereocenters. The predicted molar refractivity (Wildman–Crippen MR) is 86.0 cm³/mol. The van der Waals surface area contributed by atoms with Gasteiger partial charge in [-0.2, -0.15) is 0 Å². The Hall–Kier alpha value is -2.08. The van der Waals surface area contributed by atoms with E-state index in [-0.39, 0.29) is 11.5 Å². The summed E-state index contributed by atoms with van der Waals surface area (Å²) in [6, 6.07) is 0. The Bertz CT molecular complexity index is 628. The zero-order valence-corrected chi connectivity index (χ0v) is 13.1. The van der Waals surface area contributed by atoms with E-state index >= 15 is 0 Å². The quantitative estimate of drug-likeness (QED) is 0.862. The zero-order chi connectivity index (χ0) is 15.5. The summed E-state index contributed by atoms with van der Waals surface area (Å²) in [5.41, 5.74) is 1.45. The molecule has 4 heterocycles. The molecule has 0 unspecified atom stereocenters. The molecule has 2 saturated heterocycles. The van der Waals surface area contributed by atoms with Crippen molar-refractivity contribution in [1.29, 1.82) is 0 Å². The Morgan fingerprint density at radius 3 is 2.61 bits per heavy atom. The van der Waals surface area contributed by atoms with Crippen LogP contribution in [-0.4, -0.2) is 45.7 Å². The second kappa shape index (κ2) is 6.20. The number of rotatable bonds is 3. The Labute approximate surface area is 136 Å². The van der Waals surface area contributed by atoms with E-state index in [0.717, 1.165) is 56.8 Å². The molecule has 2 aromatic rings. The van der Waals surface area contributed by atoms with Crippen molar-refractivity contribution < 1.29 is 4.74 Å². The summed E-state index contributed by atoms with van der Waals surface area (Å²) in [7, 11) is 0. The van der Waals surface area contributed by atoms with Crippen LogP contribution in [0.5, 0.6) is 0 Å². The standard InChI is InChI=1S/C17H21N5O/c1-6-22(16-12-18-4-5-21-16)7-2-17(1)3-8-23-15(17)9-14-10-19-13-20-11-14/h4-5,10-13,15H,1-3,6-9H2/t15-/m0/s1. The third kappa shape index (κ3) is 2.91. The average molecular weight is 311 g/mol. The maximum absolute atomic E-state index is 6.09. The molecular formula is C17H21N5O. The van der Waals surface area contributed by atoms with Gasteiger partial charge in [-0.3, -0.25) is 4.98 Å². The molecular weight excluding hydrogens is 290 g/mol. The minimum atomic E-state index is 0.275. The minimum absolute atomic E-state index is 0.275. The van der Waals surface area contributed by atoms with Crippen LogP contribution in [0.25, 0.3) is 0 Å². The van der Waals surface area contributed by atoms with Gasteiger partial charge in [-0.1, -0.05) is 0 Å². The predicted octanol–water partition coefficient (Wildman–Crippen LogP) is 1.88. The van der Waals surface area contributed by atoms with Crippen LogP contribution in [0.3, 0.4) is 0 Å². The molecule has 2 aromatic heterocycles. The SMILES string of the molecule is c1cnc(N2CCC3(CCO[C@H]3Cc3cncnc3)CC2)cn1. The van der Waals surface area contributed by atoms with Crippen LogP contribution in [0.15, 0.2) is 37.3 Å². The van der Waals surface area contributed by atoms with Gasteiger partial charge in [0.05, 0.1) is 12.3 Å². The first-order valence-corrected chi connectivity index (χ1v) is 8.22. The van der Waals surface area contributed by atoms with Crippen LogP contribution < -0.4 is 4.90 Å². The van der Waals surface area contributed by atoms with Crippen LogP contribution in [0, 0.1) is 5.41 Å². The van der Waals surface area contributed by atoms with Crippen LogP contribution in [0.2, 0.25) is 0 Å². The second-order valence-corrected chi connectivity index (χ2v) is 6.47. The number of anilines is 1. The fraction of sp³-hybridized carbons (Fsp3) is 0.529. The van der Waals surface area contributed by atoms with Crippen LogP contribution >= 0.6 is 0 Å². The third-order valence-corrected chi connectivity index (χ3v) is 5.27. The van der Waals surface area contributed by atoms with Gasteiger partial charge in [0.2, 0.25) is 0 Å². The number of hydrogen-bond acceptors (Lipinski definition) is 6. The Morgan fingerprint density at radius 2 is 1.87 bits per heavy atom. The van der Waals surface area contributed by atoms with E-state index in [1.54, 1.807) is 18.7 Å². The third-order valence-electron chi connectivity index (χ3n) is 5.27. The highest BCUT2D eigenvalue weighted by molar-refractivity contribution is 5.36. The van der Waals surface area contributed by atoms with Gasteiger partial charge in [0.1, 0.15) is 12.1 Å². The highest BCUT2D eigenvalue weighted by Gasteiger charge is 2.45. The molecule has 4 rings (SSSR count). The van der Waals surface area contributed by atoms with Gasteiger partial charge in [0.25, 0.3) is 0 Å². The molecule has 0 radical (unpaired) electrons. The topological polar surface area (TPSA) is 64.0 Å². The summed E-state index contributed by atoms with van der Waals surface area (Å²) in [5, 5.41) is 0. The lowest BCUT2D eigenvalue weighted by molar-refractivity contribution is 0.0355. The lowest BCUT2D eigenvalue weighted by Gasteiger charge is -2.42. The molecule has 0 bridgehead atoms. The van der Waals surface area contributed by atoms with E-state index in [4.69, 9.17) is 4.74 Å². The molecule has 6 nitrogen and oxygen atoms in total. The maximum atomic E-state index is 6.09. The van der Waals surface area contributed by atoms with Crippen molar-refractivity contribution in [3.63, 3.8) is 0 Å². The van der Waals surface area contributed by atoms with Crippen LogP contribution in [0.1, 0.15) is 24.8 Å². The first kappa shape index (κ1) is 14.5. The van der Waals surface area contributed by atoms with Crippen molar-refractivity contribution in [3.05, 3.63) is 42.9 Å². The normalized spacial score (nSPS) is 23.3. The van der Waals surface area contributed by atoms with Gasteiger partial charge >= 0.3 is 0 Å². The largest absolute Gasteiger partial charge is 0.377 e. The van der Waals surface area contributed by atoms with Crippen molar-refractivity contribution in [2.24, 2.45) is 5.41 Å². The second-order valence-electron chi connectivity index (χ2n) is 6.47. The molecule has 0 saturated carbocycles. The number of hydrogen-bond donors (Lipinski definition) is 0. The molecule has 6 heteroatoms. The minimum Gasteiger partial charge on any atom is -0.377 e. The number of piperidine rings is 1. The highest BCUT2D eigenvalue weighted by Crippen LogP contribution is 2.45. The van der Waals surface area contributed by atoms with E-state index in [9.17, 15) is 0 Å². The fourth-order valence-corrected chi connectivity index (χ4v) is 3.87. The fourth-order valence-electron chi connectivity index (χ4n) is 3.87. The van der Waals surface area contributed by atoms with E-state index < -0.39 is 0 Å². The Morgan fingerprint density at radius 1 is 1.04 bits per heavy atom. The summed E-state index contributed by atoms with van der Waals surface area (Å²) in [5.74, 6) is 0.981. The van der Waals surface area contributed by atoms with Gasteiger partial charge in [0, 0.05) is 56.3 Å². The molecule has 2 aliphatic rings. The van der Waals surface area contributed by atoms with Crippen LogP contribution in [-0.2, 0) is 11.2 Å². The van der Waals surface area contributed by atoms with Crippen molar-refractivity contribution in [3.8, 4) is 0 Å². The van der Waals surface area contributed by atoms with Crippen molar-refractivity contribution in [2.75, 3.05) is 24.6 Å². The summed E-state index contributed by atoms with van der Waals surface area (Å²) < 4.78 is 6.09. The number of aromatic nitrogens is 4. The van der Waals surface area contributed by atoms with Gasteiger partial charge in [-0.25, -0.2) is 15.0 Å². The zero-order valence-electron chi connectivity index (χ0n) is 13.1. The summed E-state index contributed by atoms with van der Waals surface area (Å²) in [6.07, 6.45) is 15.3. The Kier molecular flexibility index (Phi) is 3.91. The Balaban J connectivity index is 1.44. The van der Waals surface area contributed by atoms with Gasteiger partial charge in [-0.05, 0) is 24.8 Å². The summed E-state index contributed by atoms with van der Waals surface area (Å²) in [6.45, 7) is 2.90. The molecule has 120 valence electrons. The van der Waals surface area contributed by atoms with Crippen molar-refractivity contribution in [1.82, 2.24) is 19.9 Å².